The summed E-state index contributed by atoms with van der Waals surface area (Å²) in [4.78, 5) is 22.5. The van der Waals surface area contributed by atoms with E-state index in [1.54, 1.807) is 23.1 Å². The minimum Gasteiger partial charge on any atom is -0.465 e. The van der Waals surface area contributed by atoms with Crippen molar-refractivity contribution in [1.82, 2.24) is 19.2 Å². The summed E-state index contributed by atoms with van der Waals surface area (Å²) in [6, 6.07) is 8.29. The van der Waals surface area contributed by atoms with Crippen LogP contribution in [0.3, 0.4) is 0 Å². The molecule has 44 heavy (non-hydrogen) atoms. The van der Waals surface area contributed by atoms with Gasteiger partial charge in [-0.1, -0.05) is 44.5 Å². The molecule has 0 aliphatic carbocycles. The number of halogens is 1. The standard InChI is InChI=1S/C30H37ClN6O6S/c1-17-13-21(25-26(43-16-42-25)24(17)18-11-12-37(29(38)39)23(14-18)30(2,3)4)34-28-32-15-19(31)27(35-28)33-20-9-7-8-10-22(20)44(40,41)36(5)6/h7-10,13,15,18,23H,11-12,14,16H2,1-6H3,(H,38,39)(H2,32,33,34,35). The Hall–Kier alpha value is -3.81. The van der Waals surface area contributed by atoms with Crippen LogP contribution in [0.4, 0.5) is 27.9 Å². The summed E-state index contributed by atoms with van der Waals surface area (Å²) in [6.07, 6.45) is 1.86. The summed E-state index contributed by atoms with van der Waals surface area (Å²) in [5, 5.41) is 16.3. The number of nitrogens with zero attached hydrogens (tertiary/aromatic N) is 4. The zero-order chi connectivity index (χ0) is 32.0. The summed E-state index contributed by atoms with van der Waals surface area (Å²) >= 11 is 6.42. The number of aryl methyl sites for hydroxylation is 1. The van der Waals surface area contributed by atoms with Gasteiger partial charge < -0.3 is 30.1 Å². The van der Waals surface area contributed by atoms with Gasteiger partial charge in [-0.3, -0.25) is 0 Å². The molecule has 0 saturated carbocycles. The lowest BCUT2D eigenvalue weighted by Crippen LogP contribution is -2.51. The fraction of sp³-hybridized carbons (Fsp3) is 0.433. The van der Waals surface area contributed by atoms with Crippen LogP contribution in [0, 0.1) is 12.3 Å². The number of hydrogen-bond acceptors (Lipinski definition) is 9. The van der Waals surface area contributed by atoms with E-state index in [1.165, 1.54) is 26.4 Å². The number of piperidine rings is 1. The first-order valence-corrected chi connectivity index (χ1v) is 16.0. The second-order valence-corrected chi connectivity index (χ2v) is 14.7. The third kappa shape index (κ3) is 6.08. The van der Waals surface area contributed by atoms with E-state index in [0.29, 0.717) is 42.3 Å². The van der Waals surface area contributed by atoms with E-state index in [-0.39, 0.29) is 45.9 Å². The number of amides is 1. The number of carboxylic acid groups (broad SMARTS) is 1. The maximum atomic E-state index is 12.9. The third-order valence-electron chi connectivity index (χ3n) is 8.03. The van der Waals surface area contributed by atoms with Crippen molar-refractivity contribution >= 4 is 50.9 Å². The summed E-state index contributed by atoms with van der Waals surface area (Å²) in [7, 11) is -0.810. The Morgan fingerprint density at radius 1 is 1.14 bits per heavy atom. The normalized spacial score (nSPS) is 18.4. The molecule has 1 saturated heterocycles. The van der Waals surface area contributed by atoms with Crippen molar-refractivity contribution in [2.24, 2.45) is 5.41 Å². The lowest BCUT2D eigenvalue weighted by Gasteiger charge is -2.45. The average Bonchev–Trinajstić information content (AvgIpc) is 3.44. The molecule has 3 heterocycles. The molecule has 236 valence electrons. The Morgan fingerprint density at radius 2 is 1.84 bits per heavy atom. The van der Waals surface area contributed by atoms with Crippen molar-refractivity contribution in [3.8, 4) is 11.5 Å². The molecule has 0 spiro atoms. The molecular weight excluding hydrogens is 608 g/mol. The number of hydrogen-bond donors (Lipinski definition) is 3. The van der Waals surface area contributed by atoms with Crippen LogP contribution < -0.4 is 20.1 Å². The van der Waals surface area contributed by atoms with Gasteiger partial charge in [0.2, 0.25) is 22.8 Å². The van der Waals surface area contributed by atoms with Crippen LogP contribution >= 0.6 is 11.6 Å². The summed E-state index contributed by atoms with van der Waals surface area (Å²) in [5.74, 6) is 1.65. The lowest BCUT2D eigenvalue weighted by molar-refractivity contribution is 0.0521. The molecule has 3 N–H and O–H groups in total. The minimum atomic E-state index is -3.74. The number of para-hydroxylation sites is 1. The number of sulfonamides is 1. The second kappa shape index (κ2) is 11.9. The Balaban J connectivity index is 1.45. The van der Waals surface area contributed by atoms with Crippen molar-refractivity contribution in [1.29, 1.82) is 0 Å². The molecule has 2 aromatic carbocycles. The van der Waals surface area contributed by atoms with Crippen LogP contribution in [0.15, 0.2) is 41.4 Å². The van der Waals surface area contributed by atoms with E-state index in [9.17, 15) is 18.3 Å². The average molecular weight is 645 g/mol. The highest BCUT2D eigenvalue weighted by atomic mass is 35.5. The predicted molar refractivity (Wildman–Crippen MR) is 168 cm³/mol. The lowest BCUT2D eigenvalue weighted by atomic mass is 9.74. The van der Waals surface area contributed by atoms with Gasteiger partial charge in [-0.15, -0.1) is 0 Å². The number of likely N-dealkylation sites (tertiary alicyclic amines) is 1. The molecule has 14 heteroatoms. The quantitative estimate of drug-likeness (QED) is 0.273. The van der Waals surface area contributed by atoms with Crippen molar-refractivity contribution in [2.75, 3.05) is 38.1 Å². The molecule has 3 aromatic rings. The smallest absolute Gasteiger partial charge is 0.407 e. The van der Waals surface area contributed by atoms with Gasteiger partial charge in [-0.2, -0.15) is 4.98 Å². The van der Waals surface area contributed by atoms with Gasteiger partial charge in [-0.25, -0.2) is 22.5 Å². The number of rotatable bonds is 7. The molecule has 2 unspecified atom stereocenters. The van der Waals surface area contributed by atoms with Crippen LogP contribution in [-0.4, -0.2) is 72.3 Å². The van der Waals surface area contributed by atoms with Crippen LogP contribution in [-0.2, 0) is 10.0 Å². The predicted octanol–water partition coefficient (Wildman–Crippen LogP) is 6.18. The highest BCUT2D eigenvalue weighted by molar-refractivity contribution is 7.89. The molecular formula is C30H37ClN6O6S. The first-order valence-electron chi connectivity index (χ1n) is 14.2. The van der Waals surface area contributed by atoms with Crippen molar-refractivity contribution in [2.45, 2.75) is 57.4 Å². The van der Waals surface area contributed by atoms with Crippen molar-refractivity contribution < 1.29 is 27.8 Å². The Labute approximate surface area is 262 Å². The van der Waals surface area contributed by atoms with E-state index < -0.39 is 16.1 Å². The fourth-order valence-electron chi connectivity index (χ4n) is 5.85. The Morgan fingerprint density at radius 3 is 2.52 bits per heavy atom. The van der Waals surface area contributed by atoms with E-state index in [4.69, 9.17) is 21.1 Å². The van der Waals surface area contributed by atoms with Gasteiger partial charge in [0.15, 0.2) is 17.3 Å². The molecule has 1 fully saturated rings. The topological polar surface area (TPSA) is 146 Å². The fourth-order valence-corrected chi connectivity index (χ4v) is 7.03. The molecule has 1 amide bonds. The molecule has 2 atom stereocenters. The number of nitrogens with one attached hydrogen (secondary N) is 2. The number of ether oxygens (including phenoxy) is 2. The Kier molecular flexibility index (Phi) is 8.58. The number of benzene rings is 2. The molecule has 5 rings (SSSR count). The zero-order valence-electron chi connectivity index (χ0n) is 25.5. The third-order valence-corrected chi connectivity index (χ3v) is 10.2. The maximum absolute atomic E-state index is 12.9. The summed E-state index contributed by atoms with van der Waals surface area (Å²) in [5.41, 5.74) is 2.65. The van der Waals surface area contributed by atoms with E-state index in [2.05, 4.69) is 41.4 Å². The van der Waals surface area contributed by atoms with Crippen LogP contribution in [0.25, 0.3) is 0 Å². The molecule has 2 aliphatic heterocycles. The van der Waals surface area contributed by atoms with Crippen LogP contribution in [0.2, 0.25) is 5.02 Å². The van der Waals surface area contributed by atoms with E-state index >= 15 is 0 Å². The molecule has 1 aromatic heterocycles. The summed E-state index contributed by atoms with van der Waals surface area (Å²) in [6.45, 7) is 8.67. The van der Waals surface area contributed by atoms with Crippen molar-refractivity contribution in [3.05, 3.63) is 52.7 Å². The molecule has 12 nitrogen and oxygen atoms in total. The van der Waals surface area contributed by atoms with Gasteiger partial charge in [0.1, 0.15) is 9.92 Å². The number of carbonyl (C=O) groups is 1. The Bertz CT molecular complexity index is 1690. The SMILES string of the molecule is Cc1cc(Nc2ncc(Cl)c(Nc3ccccc3S(=O)(=O)N(C)C)n2)c2c(c1C1CCN(C(=O)O)C(C(C)(C)C)C1)OCO2. The van der Waals surface area contributed by atoms with Gasteiger partial charge in [0, 0.05) is 32.2 Å². The van der Waals surface area contributed by atoms with E-state index in [1.807, 2.05) is 13.0 Å². The van der Waals surface area contributed by atoms with Crippen LogP contribution in [0.5, 0.6) is 11.5 Å². The van der Waals surface area contributed by atoms with E-state index in [0.717, 1.165) is 15.4 Å². The molecule has 2 aliphatic rings. The molecule has 0 radical (unpaired) electrons. The maximum Gasteiger partial charge on any atom is 0.407 e. The zero-order valence-corrected chi connectivity index (χ0v) is 27.1. The number of aromatic nitrogens is 2. The highest BCUT2D eigenvalue weighted by Crippen LogP contribution is 2.51. The number of fused-ring (bicyclic) bond motifs is 1. The minimum absolute atomic E-state index is 0.0442. The number of anilines is 4. The first kappa shape index (κ1) is 31.6. The second-order valence-electron chi connectivity index (χ2n) is 12.2. The van der Waals surface area contributed by atoms with Gasteiger partial charge >= 0.3 is 6.09 Å². The van der Waals surface area contributed by atoms with Gasteiger partial charge in [-0.05, 0) is 54.9 Å². The monoisotopic (exact) mass is 644 g/mol. The highest BCUT2D eigenvalue weighted by Gasteiger charge is 2.41. The van der Waals surface area contributed by atoms with Crippen LogP contribution in [0.1, 0.15) is 50.7 Å². The van der Waals surface area contributed by atoms with Crippen molar-refractivity contribution in [3.63, 3.8) is 0 Å². The largest absolute Gasteiger partial charge is 0.465 e. The van der Waals surface area contributed by atoms with Gasteiger partial charge in [0.05, 0.1) is 17.6 Å². The molecule has 0 bridgehead atoms. The first-order chi connectivity index (χ1) is 20.7. The summed E-state index contributed by atoms with van der Waals surface area (Å²) < 4.78 is 38.8. The van der Waals surface area contributed by atoms with Gasteiger partial charge in [0.25, 0.3) is 0 Å².